The van der Waals surface area contributed by atoms with Crippen LogP contribution in [0.15, 0.2) is 24.3 Å². The molecule has 96 valence electrons. The minimum Gasteiger partial charge on any atom is -0.508 e. The first-order valence-corrected chi connectivity index (χ1v) is 8.58. The average molecular weight is 254 g/mol. The van der Waals surface area contributed by atoms with Crippen molar-refractivity contribution in [1.82, 2.24) is 0 Å². The van der Waals surface area contributed by atoms with Gasteiger partial charge >= 0.3 is 0 Å². The summed E-state index contributed by atoms with van der Waals surface area (Å²) in [6.07, 6.45) is 5.66. The van der Waals surface area contributed by atoms with Crippen molar-refractivity contribution in [3.8, 4) is 5.75 Å². The Morgan fingerprint density at radius 3 is 2.18 bits per heavy atom. The Morgan fingerprint density at radius 2 is 1.71 bits per heavy atom. The summed E-state index contributed by atoms with van der Waals surface area (Å²) in [6.45, 7) is 4.24. The van der Waals surface area contributed by atoms with Crippen LogP contribution < -0.4 is 5.30 Å². The highest BCUT2D eigenvalue weighted by molar-refractivity contribution is 7.71. The Labute approximate surface area is 104 Å². The number of hydrogen-bond donors (Lipinski definition) is 1. The Balaban J connectivity index is 2.92. The lowest BCUT2D eigenvalue weighted by Crippen LogP contribution is -2.10. The molecular weight excluding hydrogens is 231 g/mol. The van der Waals surface area contributed by atoms with E-state index in [1.54, 1.807) is 18.2 Å². The molecule has 0 saturated carbocycles. The topological polar surface area (TPSA) is 37.3 Å². The summed E-state index contributed by atoms with van der Waals surface area (Å²) in [7, 11) is -2.29. The fourth-order valence-electron chi connectivity index (χ4n) is 1.94. The molecule has 0 saturated heterocycles. The van der Waals surface area contributed by atoms with Gasteiger partial charge in [0.05, 0.1) is 0 Å². The Morgan fingerprint density at radius 1 is 1.12 bits per heavy atom. The molecule has 1 aromatic rings. The predicted octanol–water partition coefficient (Wildman–Crippen LogP) is 3.98. The maximum Gasteiger partial charge on any atom is 0.116 e. The van der Waals surface area contributed by atoms with Crippen LogP contribution in [0.25, 0.3) is 0 Å². The summed E-state index contributed by atoms with van der Waals surface area (Å²) < 4.78 is 13.0. The third-order valence-electron chi connectivity index (χ3n) is 3.05. The Kier molecular flexibility index (Phi) is 5.77. The van der Waals surface area contributed by atoms with Gasteiger partial charge in [0.2, 0.25) is 0 Å². The minimum atomic E-state index is -2.29. The number of aromatic hydroxyl groups is 1. The number of benzene rings is 1. The number of phenols is 1. The van der Waals surface area contributed by atoms with Gasteiger partial charge in [0.25, 0.3) is 0 Å². The molecule has 17 heavy (non-hydrogen) atoms. The second-order valence-electron chi connectivity index (χ2n) is 4.56. The molecule has 0 aliphatic rings. The predicted molar refractivity (Wildman–Crippen MR) is 74.9 cm³/mol. The van der Waals surface area contributed by atoms with Crippen LogP contribution in [-0.4, -0.2) is 17.4 Å². The van der Waals surface area contributed by atoms with E-state index in [-0.39, 0.29) is 5.75 Å². The SMILES string of the molecule is CCCCP(=O)(CCCC)c1cccc(O)c1. The van der Waals surface area contributed by atoms with Crippen LogP contribution in [0.1, 0.15) is 39.5 Å². The van der Waals surface area contributed by atoms with Gasteiger partial charge in [0.15, 0.2) is 0 Å². The van der Waals surface area contributed by atoms with Crippen molar-refractivity contribution in [1.29, 1.82) is 0 Å². The van der Waals surface area contributed by atoms with Gasteiger partial charge in [-0.25, -0.2) is 0 Å². The summed E-state index contributed by atoms with van der Waals surface area (Å²) in [5.41, 5.74) is 0. The normalized spacial score (nSPS) is 11.6. The number of phenolic OH excluding ortho intramolecular Hbond substituents is 1. The highest BCUT2D eigenvalue weighted by atomic mass is 31.2. The van der Waals surface area contributed by atoms with E-state index in [1.807, 2.05) is 6.07 Å². The van der Waals surface area contributed by atoms with Gasteiger partial charge in [-0.1, -0.05) is 38.8 Å². The summed E-state index contributed by atoms with van der Waals surface area (Å²) in [6, 6.07) is 6.99. The molecule has 0 bridgehead atoms. The van der Waals surface area contributed by atoms with Gasteiger partial charge in [-0.2, -0.15) is 0 Å². The molecule has 0 aliphatic heterocycles. The van der Waals surface area contributed by atoms with Gasteiger partial charge in [0, 0.05) is 17.6 Å². The number of unbranched alkanes of at least 4 members (excludes halogenated alkanes) is 2. The average Bonchev–Trinajstić information content (AvgIpc) is 2.34. The summed E-state index contributed by atoms with van der Waals surface area (Å²) in [5.74, 6) is 0.218. The third kappa shape index (κ3) is 4.20. The van der Waals surface area contributed by atoms with E-state index in [1.165, 1.54) is 0 Å². The van der Waals surface area contributed by atoms with Crippen LogP contribution in [0.5, 0.6) is 5.75 Å². The van der Waals surface area contributed by atoms with Crippen molar-refractivity contribution >= 4 is 12.4 Å². The zero-order valence-electron chi connectivity index (χ0n) is 10.9. The number of rotatable bonds is 7. The minimum absolute atomic E-state index is 0.218. The van der Waals surface area contributed by atoms with Crippen molar-refractivity contribution in [2.45, 2.75) is 39.5 Å². The van der Waals surface area contributed by atoms with E-state index in [0.717, 1.165) is 43.3 Å². The molecule has 1 rings (SSSR count). The largest absolute Gasteiger partial charge is 0.508 e. The molecule has 0 aliphatic carbocycles. The first-order chi connectivity index (χ1) is 8.12. The van der Waals surface area contributed by atoms with Gasteiger partial charge < -0.3 is 9.67 Å². The van der Waals surface area contributed by atoms with E-state index in [0.29, 0.717) is 0 Å². The molecule has 0 amide bonds. The number of hydrogen-bond acceptors (Lipinski definition) is 2. The van der Waals surface area contributed by atoms with Gasteiger partial charge in [-0.05, 0) is 25.0 Å². The first-order valence-electron chi connectivity index (χ1n) is 6.50. The lowest BCUT2D eigenvalue weighted by molar-refractivity contribution is 0.475. The van der Waals surface area contributed by atoms with Gasteiger partial charge in [-0.15, -0.1) is 0 Å². The van der Waals surface area contributed by atoms with Gasteiger partial charge in [-0.3, -0.25) is 0 Å². The lowest BCUT2D eigenvalue weighted by atomic mass is 10.3. The lowest BCUT2D eigenvalue weighted by Gasteiger charge is -2.18. The first kappa shape index (κ1) is 14.3. The van der Waals surface area contributed by atoms with Crippen LogP contribution in [-0.2, 0) is 4.57 Å². The molecule has 0 radical (unpaired) electrons. The quantitative estimate of drug-likeness (QED) is 0.747. The van der Waals surface area contributed by atoms with E-state index in [9.17, 15) is 9.67 Å². The summed E-state index contributed by atoms with van der Waals surface area (Å²) in [5, 5.41) is 10.4. The Hall–Kier alpha value is -0.750. The highest BCUT2D eigenvalue weighted by Gasteiger charge is 2.23. The van der Waals surface area contributed by atoms with Crippen molar-refractivity contribution in [3.05, 3.63) is 24.3 Å². The molecule has 0 heterocycles. The molecule has 0 unspecified atom stereocenters. The fourth-order valence-corrected chi connectivity index (χ4v) is 5.06. The van der Waals surface area contributed by atoms with Crippen LogP contribution in [0.4, 0.5) is 0 Å². The second kappa shape index (κ2) is 6.86. The maximum absolute atomic E-state index is 13.0. The molecule has 0 atom stereocenters. The third-order valence-corrected chi connectivity index (χ3v) is 6.34. The molecule has 1 N–H and O–H groups in total. The molecule has 2 nitrogen and oxygen atoms in total. The molecular formula is C14H23O2P. The summed E-state index contributed by atoms with van der Waals surface area (Å²) in [4.78, 5) is 0. The molecule has 0 fully saturated rings. The van der Waals surface area contributed by atoms with E-state index in [4.69, 9.17) is 0 Å². The zero-order valence-corrected chi connectivity index (χ0v) is 11.7. The molecule has 0 spiro atoms. The van der Waals surface area contributed by atoms with Crippen LogP contribution in [0.2, 0.25) is 0 Å². The molecule has 0 aromatic heterocycles. The van der Waals surface area contributed by atoms with Crippen molar-refractivity contribution in [3.63, 3.8) is 0 Å². The van der Waals surface area contributed by atoms with E-state index >= 15 is 0 Å². The molecule has 1 aromatic carbocycles. The molecule has 3 heteroatoms. The van der Waals surface area contributed by atoms with Crippen LogP contribution in [0.3, 0.4) is 0 Å². The Bertz CT molecular complexity index is 376. The highest BCUT2D eigenvalue weighted by Crippen LogP contribution is 2.46. The van der Waals surface area contributed by atoms with Crippen molar-refractivity contribution < 1.29 is 9.67 Å². The zero-order chi connectivity index (χ0) is 12.7. The van der Waals surface area contributed by atoms with Crippen molar-refractivity contribution in [2.75, 3.05) is 12.3 Å². The smallest absolute Gasteiger partial charge is 0.116 e. The van der Waals surface area contributed by atoms with E-state index in [2.05, 4.69) is 13.8 Å². The monoisotopic (exact) mass is 254 g/mol. The van der Waals surface area contributed by atoms with Crippen LogP contribution in [0, 0.1) is 0 Å². The standard InChI is InChI=1S/C14H23O2P/c1-3-5-10-17(16,11-6-4-2)14-9-7-8-13(15)12-14/h7-9,12,15H,3-6,10-11H2,1-2H3. The fraction of sp³-hybridized carbons (Fsp3) is 0.571. The summed E-state index contributed by atoms with van der Waals surface area (Å²) >= 11 is 0. The van der Waals surface area contributed by atoms with Crippen molar-refractivity contribution in [2.24, 2.45) is 0 Å². The second-order valence-corrected chi connectivity index (χ2v) is 7.75. The van der Waals surface area contributed by atoms with Crippen LogP contribution >= 0.6 is 7.14 Å². The van der Waals surface area contributed by atoms with E-state index < -0.39 is 7.14 Å². The maximum atomic E-state index is 13.0. The van der Waals surface area contributed by atoms with Gasteiger partial charge in [0.1, 0.15) is 12.9 Å².